The number of hydrogen-bond acceptors (Lipinski definition) is 14. The van der Waals surface area contributed by atoms with E-state index in [0.29, 0.717) is 69.2 Å². The molecule has 0 saturated carbocycles. The Morgan fingerprint density at radius 3 is 1.33 bits per heavy atom. The Kier molecular flexibility index (Phi) is 25.0. The molecule has 14 nitrogen and oxygen atoms in total. The summed E-state index contributed by atoms with van der Waals surface area (Å²) in [5.41, 5.74) is 0.745. The Bertz CT molecular complexity index is 4560. The number of benzene rings is 8. The van der Waals surface area contributed by atoms with E-state index >= 15 is 0 Å². The number of hydrogen-bond donors (Lipinski definition) is 8. The van der Waals surface area contributed by atoms with Gasteiger partial charge in [-0.05, 0) is 172 Å². The molecule has 3 aromatic heterocycles. The number of halogens is 7. The van der Waals surface area contributed by atoms with Crippen molar-refractivity contribution in [2.75, 3.05) is 0 Å². The smallest absolute Gasteiger partial charge is 0.488 e. The van der Waals surface area contributed by atoms with Crippen molar-refractivity contribution in [3.8, 4) is 62.2 Å². The number of carboxylic acid groups (broad SMARTS) is 3. The molecular formula is C69H56BBrF6O14S3. The summed E-state index contributed by atoms with van der Waals surface area (Å²) in [6, 6.07) is 41.3. The number of phenols is 3. The van der Waals surface area contributed by atoms with Gasteiger partial charge in [0.2, 0.25) is 0 Å². The highest BCUT2D eigenvalue weighted by Gasteiger charge is 2.33. The molecular weight excluding hydrogens is 1350 g/mol. The van der Waals surface area contributed by atoms with Gasteiger partial charge in [0.1, 0.15) is 55.7 Å². The third-order valence-electron chi connectivity index (χ3n) is 12.8. The van der Waals surface area contributed by atoms with E-state index in [1.54, 1.807) is 103 Å². The Morgan fingerprint density at radius 1 is 0.489 bits per heavy atom. The lowest BCUT2D eigenvalue weighted by Crippen LogP contribution is -2.36. The minimum atomic E-state index is -3.30. The van der Waals surface area contributed by atoms with Gasteiger partial charge in [0.15, 0.2) is 11.5 Å². The van der Waals surface area contributed by atoms with E-state index in [1.807, 2.05) is 17.5 Å². The molecule has 11 aromatic rings. The molecule has 0 bridgehead atoms. The largest absolute Gasteiger partial charge is 0.508 e. The number of thiophene rings is 3. The van der Waals surface area contributed by atoms with Gasteiger partial charge in [-0.25, -0.2) is 40.7 Å². The SMILES string of the molecule is C.C.CC(F)(F)c1cc(F)ccc1-c1sc2cc(O)ccc2c1Oc1ccc(/C=C/C(=O)O)cc1.CC(F)(F)c1cc(F)ccc1B(O)O.O=C(O)/C=C/c1ccc(Oc2c(Br)sc3cc(O)ccc23)cc1.O=C(O)/C=C/c1ccc(Oc2csc3cc(O)ccc23)cc1. The highest BCUT2D eigenvalue weighted by Crippen LogP contribution is 2.50. The lowest BCUT2D eigenvalue weighted by molar-refractivity contribution is -0.132. The van der Waals surface area contributed by atoms with Gasteiger partial charge in [-0.2, -0.15) is 0 Å². The molecule has 11 rings (SSSR count). The van der Waals surface area contributed by atoms with Crippen molar-refractivity contribution in [2.45, 2.75) is 40.5 Å². The number of carboxylic acids is 3. The number of aromatic hydroxyl groups is 3. The van der Waals surface area contributed by atoms with E-state index in [1.165, 1.54) is 59.1 Å². The molecule has 94 heavy (non-hydrogen) atoms. The van der Waals surface area contributed by atoms with Gasteiger partial charge in [0.25, 0.3) is 11.8 Å². The Morgan fingerprint density at radius 2 is 0.883 bits per heavy atom. The second-order valence-electron chi connectivity index (χ2n) is 19.7. The number of phenolic OH excluding ortho intramolecular Hbond substituents is 3. The van der Waals surface area contributed by atoms with Crippen molar-refractivity contribution < 1.29 is 95.6 Å². The van der Waals surface area contributed by atoms with Crippen LogP contribution in [0.5, 0.6) is 51.7 Å². The number of aliphatic carboxylic acids is 3. The zero-order valence-corrected chi connectivity index (χ0v) is 51.6. The third kappa shape index (κ3) is 19.8. The molecule has 486 valence electrons. The maximum absolute atomic E-state index is 14.3. The first-order valence-electron chi connectivity index (χ1n) is 26.7. The van der Waals surface area contributed by atoms with E-state index in [0.717, 1.165) is 94.7 Å². The molecule has 0 aliphatic rings. The summed E-state index contributed by atoms with van der Waals surface area (Å²) in [6.07, 6.45) is 7.65. The predicted octanol–water partition coefficient (Wildman–Crippen LogP) is 19.1. The quantitative estimate of drug-likeness (QED) is 0.0255. The molecule has 8 N–H and O–H groups in total. The fourth-order valence-corrected chi connectivity index (χ4v) is 12.4. The third-order valence-corrected chi connectivity index (χ3v) is 16.6. The molecule has 3 heterocycles. The molecule has 25 heteroatoms. The molecule has 0 amide bonds. The molecule has 0 unspecified atom stereocenters. The lowest BCUT2D eigenvalue weighted by atomic mass is 9.75. The maximum Gasteiger partial charge on any atom is 0.488 e. The summed E-state index contributed by atoms with van der Waals surface area (Å²) in [6.45, 7) is 1.27. The normalized spacial score (nSPS) is 11.2. The average Bonchev–Trinajstić information content (AvgIpc) is 1.59. The van der Waals surface area contributed by atoms with Gasteiger partial charge in [-0.15, -0.1) is 34.0 Å². The number of alkyl halides is 4. The zero-order chi connectivity index (χ0) is 66.6. The van der Waals surface area contributed by atoms with Crippen molar-refractivity contribution in [1.29, 1.82) is 0 Å². The van der Waals surface area contributed by atoms with Crippen LogP contribution in [0.1, 0.15) is 56.5 Å². The molecule has 0 fully saturated rings. The molecule has 0 radical (unpaired) electrons. The van der Waals surface area contributed by atoms with E-state index < -0.39 is 59.6 Å². The Labute approximate surface area is 554 Å². The fraction of sp³-hybridized carbons (Fsp3) is 0.0870. The van der Waals surface area contributed by atoms with Gasteiger partial charge >= 0.3 is 25.0 Å². The molecule has 0 aliphatic heterocycles. The van der Waals surface area contributed by atoms with Crippen LogP contribution >= 0.6 is 49.9 Å². The summed E-state index contributed by atoms with van der Waals surface area (Å²) in [4.78, 5) is 32.0. The van der Waals surface area contributed by atoms with Crippen molar-refractivity contribution in [1.82, 2.24) is 0 Å². The fourth-order valence-electron chi connectivity index (χ4n) is 8.56. The summed E-state index contributed by atoms with van der Waals surface area (Å²) in [5, 5.41) is 76.7. The van der Waals surface area contributed by atoms with Crippen LogP contribution < -0.4 is 19.7 Å². The van der Waals surface area contributed by atoms with Crippen LogP contribution in [0.4, 0.5) is 26.3 Å². The zero-order valence-electron chi connectivity index (χ0n) is 47.6. The number of fused-ring (bicyclic) bond motifs is 3. The number of ether oxygens (including phenoxy) is 3. The summed E-state index contributed by atoms with van der Waals surface area (Å²) < 4.78 is 102. The second kappa shape index (κ2) is 32.1. The monoisotopic (exact) mass is 1410 g/mol. The first kappa shape index (κ1) is 73.2. The van der Waals surface area contributed by atoms with Crippen molar-refractivity contribution in [3.05, 3.63) is 231 Å². The molecule has 0 aliphatic carbocycles. The van der Waals surface area contributed by atoms with Crippen molar-refractivity contribution in [3.63, 3.8) is 0 Å². The summed E-state index contributed by atoms with van der Waals surface area (Å²) in [5.74, 6) is -7.38. The van der Waals surface area contributed by atoms with Gasteiger partial charge < -0.3 is 54.9 Å². The van der Waals surface area contributed by atoms with Crippen LogP contribution in [-0.2, 0) is 26.2 Å². The van der Waals surface area contributed by atoms with Crippen LogP contribution in [0.3, 0.4) is 0 Å². The average molecular weight is 1410 g/mol. The molecule has 0 atom stereocenters. The van der Waals surface area contributed by atoms with Gasteiger partial charge in [-0.1, -0.05) is 63.4 Å². The van der Waals surface area contributed by atoms with Crippen LogP contribution in [0, 0.1) is 11.6 Å². The minimum Gasteiger partial charge on any atom is -0.508 e. The van der Waals surface area contributed by atoms with Crippen molar-refractivity contribution in [2.24, 2.45) is 0 Å². The topological polar surface area (TPSA) is 241 Å². The van der Waals surface area contributed by atoms with Crippen LogP contribution in [0.25, 0.3) is 58.9 Å². The minimum absolute atomic E-state index is 0. The first-order valence-corrected chi connectivity index (χ1v) is 30.0. The lowest BCUT2D eigenvalue weighted by Gasteiger charge is -2.16. The standard InChI is InChI=1S/C25H17F3O4S.C17H11BrO4S.C17H12O4S.C8H8BF3O2.2CH4/c1-25(27,28)20-12-15(26)5-9-18(20)24-23(19-10-6-16(29)13-21(19)33-24)32-17-7-2-14(3-8-17)4-11-22(30)31;18-17-16(13-7-4-11(19)9-14(13)23-17)22-12-5-1-10(2-6-12)3-8-15(20)21;18-12-4-7-14-15(10-22-16(14)9-12)21-13-5-1-11(2-6-13)3-8-17(19)20;1-8(11,12)6-4-5(10)2-3-7(6)9(13)14;;/h2-13,29H,1H3,(H,30,31);1-9,19H,(H,20,21);1-10,18H,(H,19,20);2-4,13-14H,1H3;2*1H4/b11-4+;2*8-3+;;;. The first-order chi connectivity index (χ1) is 43.6. The van der Waals surface area contributed by atoms with E-state index in [2.05, 4.69) is 15.9 Å². The van der Waals surface area contributed by atoms with E-state index in [-0.39, 0.29) is 43.1 Å². The van der Waals surface area contributed by atoms with Gasteiger partial charge in [0.05, 0.1) is 4.88 Å². The highest BCUT2D eigenvalue weighted by molar-refractivity contribution is 9.11. The van der Waals surface area contributed by atoms with Gasteiger partial charge in [-0.3, -0.25) is 0 Å². The molecule has 0 saturated heterocycles. The van der Waals surface area contributed by atoms with Crippen LogP contribution in [-0.4, -0.2) is 65.7 Å². The number of carbonyl (C=O) groups is 3. The van der Waals surface area contributed by atoms with E-state index in [9.17, 15) is 56.0 Å². The van der Waals surface area contributed by atoms with Crippen molar-refractivity contribution >= 4 is 129 Å². The van der Waals surface area contributed by atoms with Gasteiger partial charge in [0, 0.05) is 84.4 Å². The van der Waals surface area contributed by atoms with Crippen LogP contribution in [0.15, 0.2) is 191 Å². The highest BCUT2D eigenvalue weighted by atomic mass is 79.9. The summed E-state index contributed by atoms with van der Waals surface area (Å²) in [7, 11) is -2.03. The molecule has 8 aromatic carbocycles. The summed E-state index contributed by atoms with van der Waals surface area (Å²) >= 11 is 7.61. The Hall–Kier alpha value is -9.89. The maximum atomic E-state index is 14.3. The number of rotatable bonds is 16. The predicted molar refractivity (Wildman–Crippen MR) is 362 cm³/mol. The van der Waals surface area contributed by atoms with Crippen LogP contribution in [0.2, 0.25) is 0 Å². The Balaban J connectivity index is 0.000000205. The second-order valence-corrected chi connectivity index (χ2v) is 24.0. The van der Waals surface area contributed by atoms with E-state index in [4.69, 9.17) is 39.6 Å². The molecule has 0 spiro atoms.